The molecule has 0 spiro atoms. The second-order valence-electron chi connectivity index (χ2n) is 4.36. The average Bonchev–Trinajstić information content (AvgIpc) is 2.97. The molecule has 3 nitrogen and oxygen atoms in total. The molecule has 0 fully saturated rings. The van der Waals surface area contributed by atoms with E-state index in [-0.39, 0.29) is 0 Å². The molecule has 0 atom stereocenters. The Balaban J connectivity index is 2.09. The minimum Gasteiger partial charge on any atom is -0.370 e. The predicted octanol–water partition coefficient (Wildman–Crippen LogP) is 4.45. The third kappa shape index (κ3) is 2.53. The number of nitrogens with zero attached hydrogens (tertiary/aromatic N) is 2. The lowest BCUT2D eigenvalue weighted by atomic mass is 10.2. The third-order valence-electron chi connectivity index (χ3n) is 3.00. The van der Waals surface area contributed by atoms with Crippen LogP contribution in [0.25, 0.3) is 10.7 Å². The molecule has 2 aromatic heterocycles. The van der Waals surface area contributed by atoms with Crippen molar-refractivity contribution in [3.8, 4) is 10.7 Å². The van der Waals surface area contributed by atoms with E-state index in [2.05, 4.69) is 41.2 Å². The first-order valence-electron chi connectivity index (χ1n) is 6.16. The van der Waals surface area contributed by atoms with E-state index < -0.39 is 0 Å². The Morgan fingerprint density at radius 3 is 2.89 bits per heavy atom. The van der Waals surface area contributed by atoms with Crippen LogP contribution in [0.3, 0.4) is 0 Å². The molecular formula is C13H14BrN3S2. The molecule has 0 aliphatic carbocycles. The van der Waals surface area contributed by atoms with Crippen molar-refractivity contribution < 1.29 is 0 Å². The number of aromatic nitrogens is 2. The lowest BCUT2D eigenvalue weighted by molar-refractivity contribution is 1.05. The van der Waals surface area contributed by atoms with Crippen LogP contribution in [-0.2, 0) is 11.5 Å². The normalized spacial score (nSPS) is 13.6. The number of hydrogen-bond acceptors (Lipinski definition) is 5. The zero-order valence-electron chi connectivity index (χ0n) is 10.8. The van der Waals surface area contributed by atoms with Crippen LogP contribution in [0.4, 0.5) is 5.82 Å². The number of thioether (sulfide) groups is 1. The molecule has 2 aromatic rings. The van der Waals surface area contributed by atoms with Crippen molar-refractivity contribution in [2.75, 3.05) is 11.9 Å². The van der Waals surface area contributed by atoms with Gasteiger partial charge < -0.3 is 5.32 Å². The Hall–Kier alpha value is -0.590. The van der Waals surface area contributed by atoms with Crippen molar-refractivity contribution in [2.45, 2.75) is 25.4 Å². The van der Waals surface area contributed by atoms with E-state index in [0.717, 1.165) is 39.0 Å². The van der Waals surface area contributed by atoms with E-state index in [1.165, 1.54) is 16.1 Å². The average molecular weight is 356 g/mol. The van der Waals surface area contributed by atoms with Gasteiger partial charge in [0.15, 0.2) is 5.82 Å². The molecule has 0 radical (unpaired) electrons. The fourth-order valence-electron chi connectivity index (χ4n) is 2.05. The summed E-state index contributed by atoms with van der Waals surface area (Å²) in [6.07, 6.45) is 0. The number of fused-ring (bicyclic) bond motifs is 1. The molecule has 1 aliphatic rings. The predicted molar refractivity (Wildman–Crippen MR) is 86.9 cm³/mol. The third-order valence-corrected chi connectivity index (χ3v) is 6.10. The van der Waals surface area contributed by atoms with E-state index >= 15 is 0 Å². The van der Waals surface area contributed by atoms with Crippen LogP contribution in [0.2, 0.25) is 0 Å². The molecule has 3 rings (SSSR count). The topological polar surface area (TPSA) is 37.8 Å². The Kier molecular flexibility index (Phi) is 3.82. The van der Waals surface area contributed by atoms with E-state index in [1.54, 1.807) is 11.3 Å². The van der Waals surface area contributed by atoms with E-state index in [1.807, 2.05) is 11.8 Å². The summed E-state index contributed by atoms with van der Waals surface area (Å²) in [5.41, 5.74) is 2.47. The van der Waals surface area contributed by atoms with Gasteiger partial charge in [-0.3, -0.25) is 0 Å². The molecule has 1 aliphatic heterocycles. The van der Waals surface area contributed by atoms with Gasteiger partial charge in [-0.2, -0.15) is 11.8 Å². The van der Waals surface area contributed by atoms with Gasteiger partial charge in [-0.1, -0.05) is 0 Å². The highest BCUT2D eigenvalue weighted by atomic mass is 79.9. The number of rotatable bonds is 3. The number of aryl methyl sites for hydroxylation is 1. The van der Waals surface area contributed by atoms with E-state index in [9.17, 15) is 0 Å². The molecule has 0 aromatic carbocycles. The molecular weight excluding hydrogens is 342 g/mol. The first-order valence-corrected chi connectivity index (χ1v) is 8.93. The minimum absolute atomic E-state index is 0.844. The van der Waals surface area contributed by atoms with Crippen molar-refractivity contribution in [3.05, 3.63) is 26.7 Å². The Labute approximate surface area is 129 Å². The van der Waals surface area contributed by atoms with Crippen molar-refractivity contribution >= 4 is 44.8 Å². The van der Waals surface area contributed by atoms with Gasteiger partial charge in [-0.25, -0.2) is 9.97 Å². The Morgan fingerprint density at radius 2 is 2.21 bits per heavy atom. The summed E-state index contributed by atoms with van der Waals surface area (Å²) in [4.78, 5) is 11.8. The smallest absolute Gasteiger partial charge is 0.171 e. The summed E-state index contributed by atoms with van der Waals surface area (Å²) >= 11 is 7.20. The van der Waals surface area contributed by atoms with Crippen molar-refractivity contribution in [3.63, 3.8) is 0 Å². The van der Waals surface area contributed by atoms with Crippen LogP contribution in [0.5, 0.6) is 0 Å². The quantitative estimate of drug-likeness (QED) is 0.882. The van der Waals surface area contributed by atoms with Crippen LogP contribution in [0.15, 0.2) is 10.5 Å². The van der Waals surface area contributed by atoms with E-state index in [0.29, 0.717) is 0 Å². The number of hydrogen-bond donors (Lipinski definition) is 1. The molecule has 19 heavy (non-hydrogen) atoms. The maximum Gasteiger partial charge on any atom is 0.171 e. The maximum atomic E-state index is 4.74. The van der Waals surface area contributed by atoms with Gasteiger partial charge in [0.2, 0.25) is 0 Å². The highest BCUT2D eigenvalue weighted by Crippen LogP contribution is 2.37. The second-order valence-corrected chi connectivity index (χ2v) is 7.46. The maximum absolute atomic E-state index is 4.74. The lowest BCUT2D eigenvalue weighted by Crippen LogP contribution is -2.06. The van der Waals surface area contributed by atoms with Crippen molar-refractivity contribution in [2.24, 2.45) is 0 Å². The highest BCUT2D eigenvalue weighted by Gasteiger charge is 2.20. The molecule has 0 saturated heterocycles. The van der Waals surface area contributed by atoms with Gasteiger partial charge in [0.1, 0.15) is 5.82 Å². The summed E-state index contributed by atoms with van der Waals surface area (Å²) < 4.78 is 1.14. The first-order chi connectivity index (χ1) is 9.19. The van der Waals surface area contributed by atoms with Crippen LogP contribution in [0.1, 0.15) is 23.1 Å². The number of halogens is 1. The van der Waals surface area contributed by atoms with Gasteiger partial charge in [-0.15, -0.1) is 11.3 Å². The SMILES string of the molecule is CCNc1nc(-c2cc(Br)c(C)s2)nc2c1CSC2. The molecule has 0 amide bonds. The van der Waals surface area contributed by atoms with Crippen LogP contribution >= 0.6 is 39.0 Å². The van der Waals surface area contributed by atoms with Crippen LogP contribution in [-0.4, -0.2) is 16.5 Å². The van der Waals surface area contributed by atoms with Crippen molar-refractivity contribution in [1.82, 2.24) is 9.97 Å². The summed E-state index contributed by atoms with van der Waals surface area (Å²) in [6.45, 7) is 5.09. The van der Waals surface area contributed by atoms with Crippen LogP contribution in [0, 0.1) is 6.92 Å². The number of nitrogens with one attached hydrogen (secondary N) is 1. The zero-order valence-corrected chi connectivity index (χ0v) is 14.0. The fraction of sp³-hybridized carbons (Fsp3) is 0.385. The second kappa shape index (κ2) is 5.42. The molecule has 3 heterocycles. The van der Waals surface area contributed by atoms with E-state index in [4.69, 9.17) is 9.97 Å². The summed E-state index contributed by atoms with van der Waals surface area (Å²) in [5.74, 6) is 3.87. The lowest BCUT2D eigenvalue weighted by Gasteiger charge is -2.09. The van der Waals surface area contributed by atoms with Gasteiger partial charge in [0.05, 0.1) is 10.6 Å². The fourth-order valence-corrected chi connectivity index (χ4v) is 4.56. The summed E-state index contributed by atoms with van der Waals surface area (Å²) in [7, 11) is 0. The molecule has 100 valence electrons. The monoisotopic (exact) mass is 355 g/mol. The zero-order chi connectivity index (χ0) is 13.4. The van der Waals surface area contributed by atoms with Gasteiger partial charge in [0, 0.05) is 33.0 Å². The summed E-state index contributed by atoms with van der Waals surface area (Å²) in [5, 5.41) is 3.37. The Bertz CT molecular complexity index is 605. The van der Waals surface area contributed by atoms with Crippen LogP contribution < -0.4 is 5.32 Å². The molecule has 1 N–H and O–H groups in total. The summed E-state index contributed by atoms with van der Waals surface area (Å²) in [6, 6.07) is 2.11. The van der Waals surface area contributed by atoms with Gasteiger partial charge >= 0.3 is 0 Å². The molecule has 0 saturated carbocycles. The standard InChI is InChI=1S/C13H14BrN3S2/c1-3-15-12-8-5-18-6-10(8)16-13(17-12)11-4-9(14)7(2)19-11/h4H,3,5-6H2,1-2H3,(H,15,16,17). The van der Waals surface area contributed by atoms with Crippen molar-refractivity contribution in [1.29, 1.82) is 0 Å². The minimum atomic E-state index is 0.844. The molecule has 0 bridgehead atoms. The first kappa shape index (κ1) is 13.4. The van der Waals surface area contributed by atoms with Gasteiger partial charge in [-0.05, 0) is 35.8 Å². The number of thiophene rings is 1. The molecule has 0 unspecified atom stereocenters. The number of anilines is 1. The molecule has 6 heteroatoms. The highest BCUT2D eigenvalue weighted by molar-refractivity contribution is 9.10. The Morgan fingerprint density at radius 1 is 1.37 bits per heavy atom. The largest absolute Gasteiger partial charge is 0.370 e. The van der Waals surface area contributed by atoms with Gasteiger partial charge in [0.25, 0.3) is 0 Å².